The van der Waals surface area contributed by atoms with E-state index in [4.69, 9.17) is 9.47 Å². The molecule has 0 aromatic heterocycles. The van der Waals surface area contributed by atoms with Gasteiger partial charge in [0.2, 0.25) is 5.91 Å². The average Bonchev–Trinajstić information content (AvgIpc) is 2.98. The minimum absolute atomic E-state index is 0.0213. The van der Waals surface area contributed by atoms with E-state index in [1.807, 2.05) is 6.92 Å². The van der Waals surface area contributed by atoms with Gasteiger partial charge in [-0.05, 0) is 32.9 Å². The minimum Gasteiger partial charge on any atom is -0.351 e. The second-order valence-corrected chi connectivity index (χ2v) is 5.19. The molecule has 2 heterocycles. The molecule has 2 aliphatic rings. The quantitative estimate of drug-likeness (QED) is 0.748. The molecule has 19 heavy (non-hydrogen) atoms. The van der Waals surface area contributed by atoms with Crippen molar-refractivity contribution in [2.24, 2.45) is 5.92 Å². The van der Waals surface area contributed by atoms with Crippen molar-refractivity contribution in [2.45, 2.75) is 32.1 Å². The molecule has 0 aliphatic carbocycles. The highest BCUT2D eigenvalue weighted by Gasteiger charge is 2.32. The summed E-state index contributed by atoms with van der Waals surface area (Å²) in [5.41, 5.74) is 0. The molecule has 108 valence electrons. The first kappa shape index (κ1) is 14.5. The van der Waals surface area contributed by atoms with Crippen LogP contribution in [0.4, 0.5) is 0 Å². The Labute approximate surface area is 114 Å². The van der Waals surface area contributed by atoms with Crippen LogP contribution >= 0.6 is 0 Å². The van der Waals surface area contributed by atoms with E-state index in [0.717, 1.165) is 25.9 Å². The van der Waals surface area contributed by atoms with E-state index in [9.17, 15) is 4.79 Å². The molecular weight excluding hydrogens is 244 g/mol. The number of likely N-dealkylation sites (tertiary alicyclic amines) is 1. The first-order valence-corrected chi connectivity index (χ1v) is 7.08. The number of nitrogens with zero attached hydrogens (tertiary/aromatic N) is 1. The van der Waals surface area contributed by atoms with Gasteiger partial charge < -0.3 is 14.8 Å². The van der Waals surface area contributed by atoms with Crippen LogP contribution in [0.3, 0.4) is 0 Å². The molecule has 0 spiro atoms. The van der Waals surface area contributed by atoms with Gasteiger partial charge in [-0.25, -0.2) is 0 Å². The zero-order valence-electron chi connectivity index (χ0n) is 11.6. The van der Waals surface area contributed by atoms with Crippen molar-refractivity contribution in [1.82, 2.24) is 10.2 Å². The zero-order valence-corrected chi connectivity index (χ0v) is 11.6. The predicted octanol–water partition coefficient (Wildman–Crippen LogP) is 0.762. The smallest absolute Gasteiger partial charge is 0.237 e. The molecule has 2 aliphatic heterocycles. The summed E-state index contributed by atoms with van der Waals surface area (Å²) in [5.74, 6) is 0.550. The lowest BCUT2D eigenvalue weighted by molar-refractivity contribution is -0.128. The fourth-order valence-corrected chi connectivity index (χ4v) is 2.71. The molecule has 0 saturated carbocycles. The van der Waals surface area contributed by atoms with Crippen molar-refractivity contribution in [3.05, 3.63) is 12.7 Å². The number of carbonyl (C=O) groups excluding carboxylic acids is 1. The molecule has 2 fully saturated rings. The maximum atomic E-state index is 11.9. The SMILES string of the molecule is C=CCNC(=O)C(C)N1CCC(C2OCCO2)CC1. The molecule has 5 nitrogen and oxygen atoms in total. The highest BCUT2D eigenvalue weighted by Crippen LogP contribution is 2.26. The number of carbonyl (C=O) groups is 1. The lowest BCUT2D eigenvalue weighted by Crippen LogP contribution is -2.49. The summed E-state index contributed by atoms with van der Waals surface area (Å²) >= 11 is 0. The maximum Gasteiger partial charge on any atom is 0.237 e. The molecule has 0 aromatic rings. The van der Waals surface area contributed by atoms with Gasteiger partial charge in [0.1, 0.15) is 0 Å². The average molecular weight is 268 g/mol. The number of nitrogens with one attached hydrogen (secondary N) is 1. The van der Waals surface area contributed by atoms with Crippen LogP contribution in [0.1, 0.15) is 19.8 Å². The summed E-state index contributed by atoms with van der Waals surface area (Å²) in [7, 11) is 0. The number of hydrogen-bond acceptors (Lipinski definition) is 4. The van der Waals surface area contributed by atoms with Crippen LogP contribution in [0.2, 0.25) is 0 Å². The molecule has 1 unspecified atom stereocenters. The Bertz CT molecular complexity index is 308. The highest BCUT2D eigenvalue weighted by atomic mass is 16.7. The van der Waals surface area contributed by atoms with Crippen molar-refractivity contribution in [1.29, 1.82) is 0 Å². The Hall–Kier alpha value is -0.910. The Morgan fingerprint density at radius 3 is 2.63 bits per heavy atom. The summed E-state index contributed by atoms with van der Waals surface area (Å²) in [4.78, 5) is 14.1. The molecule has 0 aromatic carbocycles. The van der Waals surface area contributed by atoms with Crippen LogP contribution in [-0.2, 0) is 14.3 Å². The number of hydrogen-bond donors (Lipinski definition) is 1. The number of amides is 1. The zero-order chi connectivity index (χ0) is 13.7. The summed E-state index contributed by atoms with van der Waals surface area (Å²) in [6, 6.07) is -0.0775. The first-order valence-electron chi connectivity index (χ1n) is 7.08. The number of ether oxygens (including phenoxy) is 2. The molecule has 1 atom stereocenters. The van der Waals surface area contributed by atoms with E-state index in [2.05, 4.69) is 16.8 Å². The van der Waals surface area contributed by atoms with Gasteiger partial charge in [0.15, 0.2) is 6.29 Å². The summed E-state index contributed by atoms with van der Waals surface area (Å²) < 4.78 is 11.1. The van der Waals surface area contributed by atoms with Gasteiger partial charge in [-0.3, -0.25) is 9.69 Å². The van der Waals surface area contributed by atoms with Crippen LogP contribution < -0.4 is 5.32 Å². The second-order valence-electron chi connectivity index (χ2n) is 5.19. The van der Waals surface area contributed by atoms with E-state index in [0.29, 0.717) is 25.7 Å². The van der Waals surface area contributed by atoms with E-state index >= 15 is 0 Å². The van der Waals surface area contributed by atoms with Gasteiger partial charge >= 0.3 is 0 Å². The Morgan fingerprint density at radius 1 is 1.42 bits per heavy atom. The second kappa shape index (κ2) is 7.03. The lowest BCUT2D eigenvalue weighted by atomic mass is 9.95. The summed E-state index contributed by atoms with van der Waals surface area (Å²) in [6.07, 6.45) is 3.74. The molecule has 1 amide bonds. The lowest BCUT2D eigenvalue weighted by Gasteiger charge is -2.36. The standard InChI is InChI=1S/C14H24N2O3/c1-3-6-15-13(17)11(2)16-7-4-12(5-8-16)14-18-9-10-19-14/h3,11-12,14H,1,4-10H2,2H3,(H,15,17). The molecule has 0 bridgehead atoms. The van der Waals surface area contributed by atoms with Crippen molar-refractivity contribution >= 4 is 5.91 Å². The third-order valence-corrected chi connectivity index (χ3v) is 3.95. The molecule has 0 radical (unpaired) electrons. The number of piperidine rings is 1. The Balaban J connectivity index is 1.75. The summed E-state index contributed by atoms with van der Waals surface area (Å²) in [5, 5.41) is 2.85. The molecule has 2 saturated heterocycles. The highest BCUT2D eigenvalue weighted by molar-refractivity contribution is 5.81. The van der Waals surface area contributed by atoms with Crippen LogP contribution in [0.15, 0.2) is 12.7 Å². The van der Waals surface area contributed by atoms with Gasteiger partial charge in [0, 0.05) is 12.5 Å². The fraction of sp³-hybridized carbons (Fsp3) is 0.786. The van der Waals surface area contributed by atoms with Gasteiger partial charge in [-0.2, -0.15) is 0 Å². The molecule has 5 heteroatoms. The van der Waals surface area contributed by atoms with Gasteiger partial charge in [0.25, 0.3) is 0 Å². The first-order chi connectivity index (χ1) is 9.22. The van der Waals surface area contributed by atoms with Crippen molar-refractivity contribution in [3.63, 3.8) is 0 Å². The topological polar surface area (TPSA) is 50.8 Å². The Kier molecular flexibility index (Phi) is 5.36. The van der Waals surface area contributed by atoms with E-state index in [1.165, 1.54) is 0 Å². The molecular formula is C14H24N2O3. The van der Waals surface area contributed by atoms with Crippen molar-refractivity contribution in [3.8, 4) is 0 Å². The van der Waals surface area contributed by atoms with Crippen LogP contribution in [-0.4, -0.2) is 56.0 Å². The van der Waals surface area contributed by atoms with E-state index in [1.54, 1.807) is 6.08 Å². The summed E-state index contributed by atoms with van der Waals surface area (Å²) in [6.45, 7) is 9.37. The van der Waals surface area contributed by atoms with Gasteiger partial charge in [0.05, 0.1) is 19.3 Å². The van der Waals surface area contributed by atoms with Gasteiger partial charge in [-0.1, -0.05) is 6.08 Å². The normalized spacial score (nSPS) is 24.3. The van der Waals surface area contributed by atoms with Gasteiger partial charge in [-0.15, -0.1) is 6.58 Å². The monoisotopic (exact) mass is 268 g/mol. The van der Waals surface area contributed by atoms with Crippen molar-refractivity contribution < 1.29 is 14.3 Å². The number of rotatable bonds is 5. The van der Waals surface area contributed by atoms with E-state index in [-0.39, 0.29) is 18.2 Å². The fourth-order valence-electron chi connectivity index (χ4n) is 2.71. The Morgan fingerprint density at radius 2 is 2.05 bits per heavy atom. The van der Waals surface area contributed by atoms with Crippen LogP contribution in [0, 0.1) is 5.92 Å². The van der Waals surface area contributed by atoms with Crippen molar-refractivity contribution in [2.75, 3.05) is 32.8 Å². The predicted molar refractivity (Wildman–Crippen MR) is 72.7 cm³/mol. The van der Waals surface area contributed by atoms with Crippen LogP contribution in [0.25, 0.3) is 0 Å². The third kappa shape index (κ3) is 3.78. The largest absolute Gasteiger partial charge is 0.351 e. The van der Waals surface area contributed by atoms with Crippen LogP contribution in [0.5, 0.6) is 0 Å². The molecule has 1 N–H and O–H groups in total. The third-order valence-electron chi connectivity index (χ3n) is 3.95. The maximum absolute atomic E-state index is 11.9. The molecule has 2 rings (SSSR count). The van der Waals surface area contributed by atoms with E-state index < -0.39 is 0 Å². The minimum atomic E-state index is -0.0775.